The Labute approximate surface area is 112 Å². The highest BCUT2D eigenvalue weighted by Crippen LogP contribution is 2.26. The van der Waals surface area contributed by atoms with E-state index in [-0.39, 0.29) is 10.9 Å². The Morgan fingerprint density at radius 1 is 1.33 bits per heavy atom. The molecule has 2 N–H and O–H groups in total. The largest absolute Gasteiger partial charge is 0.325 e. The minimum absolute atomic E-state index is 0.243. The zero-order valence-corrected chi connectivity index (χ0v) is 11.9. The second kappa shape index (κ2) is 5.58. The van der Waals surface area contributed by atoms with Crippen LogP contribution >= 0.6 is 11.6 Å². The van der Waals surface area contributed by atoms with Gasteiger partial charge in [0.25, 0.3) is 0 Å². The maximum atomic E-state index is 11.6. The molecule has 18 heavy (non-hydrogen) atoms. The Hall–Kier alpha value is -1.27. The number of carbonyl (C=O) groups excluding carboxylic acids is 1. The lowest BCUT2D eigenvalue weighted by Crippen LogP contribution is -2.22. The highest BCUT2D eigenvalue weighted by Gasteiger charge is 2.16. The van der Waals surface area contributed by atoms with Crippen LogP contribution in [0, 0.1) is 0 Å². The smallest absolute Gasteiger partial charge is 0.235 e. The highest BCUT2D eigenvalue weighted by molar-refractivity contribution is 7.93. The van der Waals surface area contributed by atoms with Crippen molar-refractivity contribution in [2.24, 2.45) is 0 Å². The molecule has 0 saturated heterocycles. The van der Waals surface area contributed by atoms with Gasteiger partial charge in [-0.05, 0) is 32.0 Å². The van der Waals surface area contributed by atoms with Crippen molar-refractivity contribution >= 4 is 38.9 Å². The van der Waals surface area contributed by atoms with Crippen LogP contribution in [0.25, 0.3) is 0 Å². The number of halogens is 1. The quantitative estimate of drug-likeness (QED) is 0.894. The van der Waals surface area contributed by atoms with Crippen molar-refractivity contribution in [1.82, 2.24) is 0 Å². The average Bonchev–Trinajstić information content (AvgIpc) is 2.21. The fraction of sp³-hybridized carbons (Fsp3) is 0.364. The molecular weight excluding hydrogens is 276 g/mol. The lowest BCUT2D eigenvalue weighted by molar-refractivity contribution is -0.114. The van der Waals surface area contributed by atoms with E-state index in [0.29, 0.717) is 11.4 Å². The number of hydrogen-bond acceptors (Lipinski definition) is 3. The third kappa shape index (κ3) is 3.89. The normalized spacial score (nSPS) is 11.4. The SMILES string of the molecule is CC(=O)Nc1ccc(NS(=O)(=O)C(C)C)cc1Cl. The number of nitrogens with one attached hydrogen (secondary N) is 2. The van der Waals surface area contributed by atoms with Gasteiger partial charge in [-0.3, -0.25) is 9.52 Å². The fourth-order valence-electron chi connectivity index (χ4n) is 1.15. The monoisotopic (exact) mass is 290 g/mol. The molecule has 0 aromatic heterocycles. The predicted molar refractivity (Wildman–Crippen MR) is 73.4 cm³/mol. The van der Waals surface area contributed by atoms with Crippen LogP contribution in [0.3, 0.4) is 0 Å². The van der Waals surface area contributed by atoms with E-state index in [1.807, 2.05) is 0 Å². The lowest BCUT2D eigenvalue weighted by Gasteiger charge is -2.12. The first kappa shape index (κ1) is 14.8. The minimum Gasteiger partial charge on any atom is -0.325 e. The molecule has 1 amide bonds. The summed E-state index contributed by atoms with van der Waals surface area (Å²) in [6.07, 6.45) is 0. The lowest BCUT2D eigenvalue weighted by atomic mass is 10.3. The summed E-state index contributed by atoms with van der Waals surface area (Å²) in [6, 6.07) is 4.53. The highest BCUT2D eigenvalue weighted by atomic mass is 35.5. The molecule has 0 aliphatic heterocycles. The van der Waals surface area contributed by atoms with E-state index in [1.165, 1.54) is 19.1 Å². The number of amides is 1. The van der Waals surface area contributed by atoms with Gasteiger partial charge in [0.1, 0.15) is 0 Å². The summed E-state index contributed by atoms with van der Waals surface area (Å²) < 4.78 is 25.7. The van der Waals surface area contributed by atoms with Gasteiger partial charge in [0.05, 0.1) is 21.6 Å². The molecule has 0 unspecified atom stereocenters. The minimum atomic E-state index is -3.40. The van der Waals surface area contributed by atoms with Crippen LogP contribution in [0.1, 0.15) is 20.8 Å². The van der Waals surface area contributed by atoms with Crippen LogP contribution in [0.5, 0.6) is 0 Å². The van der Waals surface area contributed by atoms with Gasteiger partial charge in [-0.15, -0.1) is 0 Å². The van der Waals surface area contributed by atoms with Crippen LogP contribution in [0.4, 0.5) is 11.4 Å². The van der Waals surface area contributed by atoms with E-state index in [1.54, 1.807) is 19.9 Å². The maximum Gasteiger partial charge on any atom is 0.235 e. The predicted octanol–water partition coefficient (Wildman–Crippen LogP) is 2.45. The van der Waals surface area contributed by atoms with Gasteiger partial charge in [0.2, 0.25) is 15.9 Å². The standard InChI is InChI=1S/C11H15ClN2O3S/c1-7(2)18(16,17)14-9-4-5-11(10(12)6-9)13-8(3)15/h4-7,14H,1-3H3,(H,13,15). The molecule has 5 nitrogen and oxygen atoms in total. The second-order valence-corrected chi connectivity index (χ2v) is 6.72. The van der Waals surface area contributed by atoms with Crippen LogP contribution in [-0.4, -0.2) is 19.6 Å². The molecule has 1 aromatic carbocycles. The Balaban J connectivity index is 2.95. The summed E-state index contributed by atoms with van der Waals surface area (Å²) in [5.41, 5.74) is 0.805. The Kier molecular flexibility index (Phi) is 4.59. The van der Waals surface area contributed by atoms with E-state index in [0.717, 1.165) is 0 Å². The van der Waals surface area contributed by atoms with Gasteiger partial charge in [-0.2, -0.15) is 0 Å². The molecule has 100 valence electrons. The molecule has 0 bridgehead atoms. The number of anilines is 2. The van der Waals surface area contributed by atoms with E-state index in [4.69, 9.17) is 11.6 Å². The fourth-order valence-corrected chi connectivity index (χ4v) is 2.07. The maximum absolute atomic E-state index is 11.6. The topological polar surface area (TPSA) is 75.3 Å². The third-order valence-electron chi connectivity index (χ3n) is 2.16. The third-order valence-corrected chi connectivity index (χ3v) is 4.23. The molecule has 0 spiro atoms. The van der Waals surface area contributed by atoms with Gasteiger partial charge >= 0.3 is 0 Å². The summed E-state index contributed by atoms with van der Waals surface area (Å²) >= 11 is 5.93. The first-order chi connectivity index (χ1) is 8.22. The van der Waals surface area contributed by atoms with Crippen molar-refractivity contribution < 1.29 is 13.2 Å². The van der Waals surface area contributed by atoms with Crippen molar-refractivity contribution in [2.75, 3.05) is 10.0 Å². The van der Waals surface area contributed by atoms with Crippen LogP contribution < -0.4 is 10.0 Å². The average molecular weight is 291 g/mol. The summed E-state index contributed by atoms with van der Waals surface area (Å²) in [7, 11) is -3.40. The number of rotatable bonds is 4. The number of hydrogen-bond donors (Lipinski definition) is 2. The molecule has 7 heteroatoms. The molecule has 0 heterocycles. The first-order valence-electron chi connectivity index (χ1n) is 5.31. The Bertz CT molecular complexity index is 555. The Morgan fingerprint density at radius 3 is 2.39 bits per heavy atom. The molecule has 1 aromatic rings. The number of benzene rings is 1. The van der Waals surface area contributed by atoms with Crippen LogP contribution in [-0.2, 0) is 14.8 Å². The van der Waals surface area contributed by atoms with Crippen molar-refractivity contribution in [1.29, 1.82) is 0 Å². The van der Waals surface area contributed by atoms with Gasteiger partial charge in [-0.1, -0.05) is 11.6 Å². The molecular formula is C11H15ClN2O3S. The molecule has 0 aliphatic carbocycles. The van der Waals surface area contributed by atoms with Crippen molar-refractivity contribution in [3.05, 3.63) is 23.2 Å². The molecule has 0 atom stereocenters. The van der Waals surface area contributed by atoms with Crippen LogP contribution in [0.15, 0.2) is 18.2 Å². The van der Waals surface area contributed by atoms with Crippen molar-refractivity contribution in [3.63, 3.8) is 0 Å². The summed E-state index contributed by atoms with van der Waals surface area (Å²) in [5.74, 6) is -0.243. The molecule has 0 radical (unpaired) electrons. The van der Waals surface area contributed by atoms with Gasteiger partial charge in [0, 0.05) is 6.92 Å². The Morgan fingerprint density at radius 2 is 1.94 bits per heavy atom. The van der Waals surface area contributed by atoms with E-state index in [2.05, 4.69) is 10.0 Å². The van der Waals surface area contributed by atoms with Crippen molar-refractivity contribution in [3.8, 4) is 0 Å². The van der Waals surface area contributed by atoms with Crippen LogP contribution in [0.2, 0.25) is 5.02 Å². The van der Waals surface area contributed by atoms with Gasteiger partial charge < -0.3 is 5.32 Å². The molecule has 0 saturated carbocycles. The number of carbonyl (C=O) groups is 1. The van der Waals surface area contributed by atoms with Crippen molar-refractivity contribution in [2.45, 2.75) is 26.0 Å². The molecule has 1 rings (SSSR count). The number of sulfonamides is 1. The second-order valence-electron chi connectivity index (χ2n) is 4.07. The zero-order valence-electron chi connectivity index (χ0n) is 10.3. The van der Waals surface area contributed by atoms with E-state index >= 15 is 0 Å². The summed E-state index contributed by atoms with van der Waals surface area (Å²) in [6.45, 7) is 4.52. The summed E-state index contributed by atoms with van der Waals surface area (Å²) in [4.78, 5) is 10.9. The van der Waals surface area contributed by atoms with E-state index < -0.39 is 15.3 Å². The zero-order chi connectivity index (χ0) is 13.9. The first-order valence-corrected chi connectivity index (χ1v) is 7.23. The van der Waals surface area contributed by atoms with Gasteiger partial charge in [0.15, 0.2) is 0 Å². The van der Waals surface area contributed by atoms with Gasteiger partial charge in [-0.25, -0.2) is 8.42 Å². The van der Waals surface area contributed by atoms with E-state index in [9.17, 15) is 13.2 Å². The summed E-state index contributed by atoms with van der Waals surface area (Å²) in [5, 5.41) is 2.27. The molecule has 0 fully saturated rings. The molecule has 0 aliphatic rings.